The van der Waals surface area contributed by atoms with Gasteiger partial charge in [0.1, 0.15) is 11.7 Å². The molecular formula is C12H16O3. The first-order valence-corrected chi connectivity index (χ1v) is 4.87. The van der Waals surface area contributed by atoms with Crippen molar-refractivity contribution in [3.63, 3.8) is 0 Å². The zero-order valence-electron chi connectivity index (χ0n) is 8.78. The van der Waals surface area contributed by atoms with Gasteiger partial charge in [-0.15, -0.1) is 13.2 Å². The Kier molecular flexibility index (Phi) is 3.86. The van der Waals surface area contributed by atoms with Gasteiger partial charge >= 0.3 is 5.97 Å². The van der Waals surface area contributed by atoms with Gasteiger partial charge in [-0.3, -0.25) is 0 Å². The monoisotopic (exact) mass is 208 g/mol. The molecule has 0 aromatic carbocycles. The van der Waals surface area contributed by atoms with Crippen molar-refractivity contribution in [3.8, 4) is 0 Å². The van der Waals surface area contributed by atoms with Crippen molar-refractivity contribution in [3.05, 3.63) is 38.0 Å². The second-order valence-corrected chi connectivity index (χ2v) is 3.50. The van der Waals surface area contributed by atoms with Crippen LogP contribution >= 0.6 is 0 Å². The number of hydrogen-bond donors (Lipinski definition) is 0. The van der Waals surface area contributed by atoms with Gasteiger partial charge in [-0.1, -0.05) is 18.7 Å². The minimum absolute atomic E-state index is 0.0441. The molecule has 82 valence electrons. The third-order valence-corrected chi connectivity index (χ3v) is 2.37. The number of esters is 1. The first-order valence-electron chi connectivity index (χ1n) is 4.87. The van der Waals surface area contributed by atoms with E-state index < -0.39 is 11.6 Å². The van der Waals surface area contributed by atoms with Crippen molar-refractivity contribution < 1.29 is 14.3 Å². The van der Waals surface area contributed by atoms with E-state index in [1.54, 1.807) is 12.2 Å². The van der Waals surface area contributed by atoms with Gasteiger partial charge in [0.25, 0.3) is 0 Å². The SMILES string of the molecule is C=CCC(CC=C)(OC(=O)C=C)C1CO1. The lowest BCUT2D eigenvalue weighted by Crippen LogP contribution is -2.39. The number of rotatable bonds is 7. The topological polar surface area (TPSA) is 38.8 Å². The van der Waals surface area contributed by atoms with Gasteiger partial charge < -0.3 is 9.47 Å². The molecule has 1 unspecified atom stereocenters. The van der Waals surface area contributed by atoms with E-state index in [1.165, 1.54) is 0 Å². The first-order chi connectivity index (χ1) is 7.18. The molecule has 1 atom stereocenters. The molecule has 0 saturated carbocycles. The summed E-state index contributed by atoms with van der Waals surface area (Å²) in [7, 11) is 0. The van der Waals surface area contributed by atoms with Crippen LogP contribution < -0.4 is 0 Å². The Bertz CT molecular complexity index is 267. The van der Waals surface area contributed by atoms with Crippen LogP contribution in [-0.2, 0) is 14.3 Å². The second-order valence-electron chi connectivity index (χ2n) is 3.50. The average molecular weight is 208 g/mol. The molecule has 1 heterocycles. The van der Waals surface area contributed by atoms with E-state index >= 15 is 0 Å². The molecule has 0 aliphatic carbocycles. The Morgan fingerprint density at radius 2 is 1.93 bits per heavy atom. The van der Waals surface area contributed by atoms with E-state index in [1.807, 2.05) is 0 Å². The van der Waals surface area contributed by atoms with Gasteiger partial charge in [0.05, 0.1) is 6.61 Å². The summed E-state index contributed by atoms with van der Waals surface area (Å²) in [5.74, 6) is -0.436. The molecule has 0 aromatic rings. The molecule has 1 saturated heterocycles. The maximum absolute atomic E-state index is 11.2. The van der Waals surface area contributed by atoms with Crippen molar-refractivity contribution in [2.45, 2.75) is 24.5 Å². The lowest BCUT2D eigenvalue weighted by atomic mass is 9.91. The zero-order chi connectivity index (χ0) is 11.3. The normalized spacial score (nSPS) is 19.1. The number of carbonyl (C=O) groups excluding carboxylic acids is 1. The van der Waals surface area contributed by atoms with Gasteiger partial charge in [-0.25, -0.2) is 4.79 Å². The van der Waals surface area contributed by atoms with Gasteiger partial charge in [0, 0.05) is 18.9 Å². The van der Waals surface area contributed by atoms with Crippen LogP contribution in [0.3, 0.4) is 0 Å². The quantitative estimate of drug-likeness (QED) is 0.278. The second kappa shape index (κ2) is 4.94. The first kappa shape index (κ1) is 11.7. The van der Waals surface area contributed by atoms with Gasteiger partial charge in [-0.2, -0.15) is 0 Å². The molecule has 0 amide bonds. The van der Waals surface area contributed by atoms with Crippen LogP contribution in [0.25, 0.3) is 0 Å². The minimum Gasteiger partial charge on any atom is -0.452 e. The largest absolute Gasteiger partial charge is 0.452 e. The summed E-state index contributed by atoms with van der Waals surface area (Å²) in [4.78, 5) is 11.2. The van der Waals surface area contributed by atoms with Crippen LogP contribution in [0.5, 0.6) is 0 Å². The highest BCUT2D eigenvalue weighted by atomic mass is 16.6. The molecular weight excluding hydrogens is 192 g/mol. The maximum atomic E-state index is 11.2. The molecule has 0 N–H and O–H groups in total. The van der Waals surface area contributed by atoms with E-state index in [9.17, 15) is 4.79 Å². The van der Waals surface area contributed by atoms with Gasteiger partial charge in [-0.05, 0) is 0 Å². The fourth-order valence-electron chi connectivity index (χ4n) is 1.58. The van der Waals surface area contributed by atoms with Crippen LogP contribution in [0.1, 0.15) is 12.8 Å². The summed E-state index contributed by atoms with van der Waals surface area (Å²) in [5.41, 5.74) is -0.644. The van der Waals surface area contributed by atoms with Crippen molar-refractivity contribution >= 4 is 5.97 Å². The maximum Gasteiger partial charge on any atom is 0.330 e. The van der Waals surface area contributed by atoms with E-state index in [4.69, 9.17) is 9.47 Å². The Morgan fingerprint density at radius 1 is 1.40 bits per heavy atom. The highest BCUT2D eigenvalue weighted by Crippen LogP contribution is 2.35. The minimum atomic E-state index is -0.644. The molecule has 3 heteroatoms. The lowest BCUT2D eigenvalue weighted by Gasteiger charge is -2.29. The van der Waals surface area contributed by atoms with Crippen LogP contribution in [-0.4, -0.2) is 24.3 Å². The molecule has 0 bridgehead atoms. The summed E-state index contributed by atoms with van der Waals surface area (Å²) >= 11 is 0. The fraction of sp³-hybridized carbons (Fsp3) is 0.417. The van der Waals surface area contributed by atoms with Crippen molar-refractivity contribution in [2.24, 2.45) is 0 Å². The molecule has 1 aliphatic rings. The molecule has 0 spiro atoms. The summed E-state index contributed by atoms with van der Waals surface area (Å²) < 4.78 is 10.6. The number of hydrogen-bond acceptors (Lipinski definition) is 3. The smallest absolute Gasteiger partial charge is 0.330 e. The molecule has 0 radical (unpaired) electrons. The Labute approximate surface area is 90.1 Å². The van der Waals surface area contributed by atoms with Gasteiger partial charge in [0.15, 0.2) is 0 Å². The van der Waals surface area contributed by atoms with Crippen LogP contribution in [0.4, 0.5) is 0 Å². The Hall–Kier alpha value is -1.35. The molecule has 15 heavy (non-hydrogen) atoms. The van der Waals surface area contributed by atoms with E-state index in [2.05, 4.69) is 19.7 Å². The molecule has 0 aromatic heterocycles. The van der Waals surface area contributed by atoms with Crippen LogP contribution in [0, 0.1) is 0 Å². The summed E-state index contributed by atoms with van der Waals surface area (Å²) in [5, 5.41) is 0. The molecule has 1 rings (SSSR count). The average Bonchev–Trinajstić information content (AvgIpc) is 3.01. The highest BCUT2D eigenvalue weighted by Gasteiger charge is 2.48. The predicted octanol–water partition coefficient (Wildman–Crippen LogP) is 2.01. The number of ether oxygens (including phenoxy) is 2. The highest BCUT2D eigenvalue weighted by molar-refractivity contribution is 5.81. The molecule has 3 nitrogen and oxygen atoms in total. The molecule has 1 aliphatic heterocycles. The standard InChI is InChI=1S/C12H16O3/c1-4-7-12(8-5-2,10-9-14-10)15-11(13)6-3/h4-6,10H,1-3,7-9H2. The predicted molar refractivity (Wildman–Crippen MR) is 58.4 cm³/mol. The number of epoxide rings is 1. The van der Waals surface area contributed by atoms with Crippen molar-refractivity contribution in [1.29, 1.82) is 0 Å². The van der Waals surface area contributed by atoms with Crippen LogP contribution in [0.15, 0.2) is 38.0 Å². The Balaban J connectivity index is 2.79. The summed E-state index contributed by atoms with van der Waals surface area (Å²) in [6, 6.07) is 0. The number of carbonyl (C=O) groups is 1. The van der Waals surface area contributed by atoms with Crippen molar-refractivity contribution in [2.75, 3.05) is 6.61 Å². The van der Waals surface area contributed by atoms with Crippen LogP contribution in [0.2, 0.25) is 0 Å². The third-order valence-electron chi connectivity index (χ3n) is 2.37. The van der Waals surface area contributed by atoms with Gasteiger partial charge in [0.2, 0.25) is 0 Å². The summed E-state index contributed by atoms with van der Waals surface area (Å²) in [6.45, 7) is 11.3. The van der Waals surface area contributed by atoms with E-state index in [-0.39, 0.29) is 6.10 Å². The molecule has 1 fully saturated rings. The Morgan fingerprint density at radius 3 is 2.27 bits per heavy atom. The third kappa shape index (κ3) is 2.80. The van der Waals surface area contributed by atoms with E-state index in [0.29, 0.717) is 19.4 Å². The fourth-order valence-corrected chi connectivity index (χ4v) is 1.58. The summed E-state index contributed by atoms with van der Waals surface area (Å²) in [6.07, 6.45) is 5.68. The lowest BCUT2D eigenvalue weighted by molar-refractivity contribution is -0.155. The van der Waals surface area contributed by atoms with Crippen molar-refractivity contribution in [1.82, 2.24) is 0 Å². The van der Waals surface area contributed by atoms with E-state index in [0.717, 1.165) is 6.08 Å². The zero-order valence-corrected chi connectivity index (χ0v) is 8.78.